The van der Waals surface area contributed by atoms with E-state index in [2.05, 4.69) is 9.61 Å². The quantitative estimate of drug-likeness (QED) is 0.695. The second-order valence-electron chi connectivity index (χ2n) is 3.35. The maximum Gasteiger partial charge on any atom is 0.346 e. The molecule has 0 saturated carbocycles. The molecule has 0 heterocycles. The third-order valence-electron chi connectivity index (χ3n) is 1.59. The Morgan fingerprint density at radius 1 is 1.50 bits per heavy atom. The molecule has 0 aromatic heterocycles. The van der Waals surface area contributed by atoms with Crippen molar-refractivity contribution in [3.05, 3.63) is 0 Å². The molecule has 14 heavy (non-hydrogen) atoms. The van der Waals surface area contributed by atoms with Crippen molar-refractivity contribution in [1.82, 2.24) is 5.32 Å². The molecule has 0 unspecified atom stereocenters. The lowest BCUT2D eigenvalue weighted by molar-refractivity contribution is -0.139. The molecule has 1 atom stereocenters. The molecule has 0 aromatic carbocycles. The van der Waals surface area contributed by atoms with Crippen LogP contribution in [-0.4, -0.2) is 24.5 Å². The summed E-state index contributed by atoms with van der Waals surface area (Å²) >= 11 is 4.92. The molecular weight excluding hydrogens is 208 g/mol. The van der Waals surface area contributed by atoms with Crippen LogP contribution in [0, 0.1) is 5.92 Å². The minimum absolute atomic E-state index is 0.163. The fourth-order valence-corrected chi connectivity index (χ4v) is 1.10. The lowest BCUT2D eigenvalue weighted by Crippen LogP contribution is -2.44. The molecule has 0 aliphatic rings. The Morgan fingerprint density at radius 2 is 2.07 bits per heavy atom. The second-order valence-corrected chi connectivity index (χ2v) is 3.50. The van der Waals surface area contributed by atoms with Gasteiger partial charge < -0.3 is 15.3 Å². The van der Waals surface area contributed by atoms with Gasteiger partial charge in [-0.1, -0.05) is 13.8 Å². The smallest absolute Gasteiger partial charge is 0.345 e. The lowest BCUT2D eigenvalue weighted by atomic mass is 10.0. The number of rotatable bonds is 5. The first-order chi connectivity index (χ1) is 6.51. The van der Waals surface area contributed by atoms with E-state index >= 15 is 0 Å². The average molecular weight is 223 g/mol. The fraction of sp³-hybridized carbons (Fsp3) is 0.750. The van der Waals surface area contributed by atoms with Crippen molar-refractivity contribution in [2.24, 2.45) is 11.7 Å². The van der Waals surface area contributed by atoms with Crippen LogP contribution in [0.4, 0.5) is 0 Å². The van der Waals surface area contributed by atoms with E-state index in [4.69, 9.17) is 17.6 Å². The summed E-state index contributed by atoms with van der Waals surface area (Å²) < 4.78 is 4.04. The Morgan fingerprint density at radius 3 is 2.43 bits per heavy atom. The van der Waals surface area contributed by atoms with E-state index in [9.17, 15) is 9.59 Å². The predicted octanol–water partition coefficient (Wildman–Crippen LogP) is 0.173. The van der Waals surface area contributed by atoms with E-state index in [-0.39, 0.29) is 12.5 Å². The van der Waals surface area contributed by atoms with Gasteiger partial charge in [-0.3, -0.25) is 4.79 Å². The average Bonchev–Trinajstić information content (AvgIpc) is 2.14. The van der Waals surface area contributed by atoms with Crippen molar-refractivity contribution in [2.45, 2.75) is 26.3 Å². The Kier molecular flexibility index (Phi) is 6.23. The molecule has 82 valence electrons. The Hall–Kier alpha value is -0.810. The minimum atomic E-state index is -0.719. The van der Waals surface area contributed by atoms with Crippen molar-refractivity contribution in [3.8, 4) is 0 Å². The monoisotopic (exact) mass is 222 g/mol. The van der Waals surface area contributed by atoms with Crippen LogP contribution in [0.3, 0.4) is 0 Å². The molecule has 0 aromatic rings. The van der Waals surface area contributed by atoms with Gasteiger partial charge in [-0.15, -0.1) is 0 Å². The highest BCUT2D eigenvalue weighted by molar-refractivity contribution is 6.14. The molecule has 0 fully saturated rings. The van der Waals surface area contributed by atoms with E-state index < -0.39 is 17.9 Å². The summed E-state index contributed by atoms with van der Waals surface area (Å²) in [6.45, 7) is 3.68. The van der Waals surface area contributed by atoms with Crippen LogP contribution >= 0.6 is 11.9 Å². The van der Waals surface area contributed by atoms with Crippen LogP contribution in [0.1, 0.15) is 20.3 Å². The summed E-state index contributed by atoms with van der Waals surface area (Å²) in [6.07, 6.45) is 0.470. The number of hydrogen-bond donors (Lipinski definition) is 2. The highest BCUT2D eigenvalue weighted by atomic mass is 35.5. The van der Waals surface area contributed by atoms with Gasteiger partial charge in [0.15, 0.2) is 0 Å². The summed E-state index contributed by atoms with van der Waals surface area (Å²) in [5.41, 5.74) is 5.10. The molecule has 0 aliphatic heterocycles. The highest BCUT2D eigenvalue weighted by Gasteiger charge is 2.22. The van der Waals surface area contributed by atoms with Gasteiger partial charge in [-0.05, 0) is 12.3 Å². The number of halogens is 1. The number of carbonyl (C=O) groups excluding carboxylic acids is 2. The number of nitrogens with one attached hydrogen (secondary N) is 1. The molecular formula is C8H15ClN2O3. The maximum atomic E-state index is 11.1. The first kappa shape index (κ1) is 13.2. The van der Waals surface area contributed by atoms with Gasteiger partial charge in [0, 0.05) is 0 Å². The van der Waals surface area contributed by atoms with Crippen molar-refractivity contribution in [1.29, 1.82) is 0 Å². The summed E-state index contributed by atoms with van der Waals surface area (Å²) in [4.78, 5) is 22.0. The van der Waals surface area contributed by atoms with Crippen molar-refractivity contribution in [3.63, 3.8) is 0 Å². The number of amides is 1. The molecule has 0 spiro atoms. The van der Waals surface area contributed by atoms with E-state index in [1.54, 1.807) is 0 Å². The summed E-state index contributed by atoms with van der Waals surface area (Å²) in [6, 6.07) is -0.719. The molecule has 3 N–H and O–H groups in total. The van der Waals surface area contributed by atoms with Crippen LogP contribution in [0.15, 0.2) is 0 Å². The predicted molar refractivity (Wildman–Crippen MR) is 52.4 cm³/mol. The zero-order chi connectivity index (χ0) is 11.1. The zero-order valence-corrected chi connectivity index (χ0v) is 9.00. The van der Waals surface area contributed by atoms with Gasteiger partial charge >= 0.3 is 5.97 Å². The van der Waals surface area contributed by atoms with Crippen molar-refractivity contribution >= 4 is 23.7 Å². The molecule has 0 aliphatic carbocycles. The summed E-state index contributed by atoms with van der Waals surface area (Å²) in [7, 11) is 0. The Bertz CT molecular complexity index is 209. The highest BCUT2D eigenvalue weighted by Crippen LogP contribution is 2.06. The molecule has 1 amide bonds. The van der Waals surface area contributed by atoms with Gasteiger partial charge in [0.05, 0.1) is 6.54 Å². The summed E-state index contributed by atoms with van der Waals surface area (Å²) in [5, 5.41) is 2.43. The van der Waals surface area contributed by atoms with Crippen molar-refractivity contribution in [2.75, 3.05) is 6.54 Å². The molecule has 0 saturated heterocycles. The normalized spacial score (nSPS) is 12.4. The molecule has 0 bridgehead atoms. The summed E-state index contributed by atoms with van der Waals surface area (Å²) in [5.74, 6) is -0.825. The first-order valence-electron chi connectivity index (χ1n) is 4.33. The van der Waals surface area contributed by atoms with Crippen LogP contribution < -0.4 is 11.1 Å². The molecule has 0 radical (unpaired) electrons. The third kappa shape index (κ3) is 5.04. The third-order valence-corrected chi connectivity index (χ3v) is 1.74. The maximum absolute atomic E-state index is 11.1. The Labute approximate surface area is 88.1 Å². The number of carbonyl (C=O) groups is 2. The van der Waals surface area contributed by atoms with E-state index in [0.717, 1.165) is 0 Å². The zero-order valence-electron chi connectivity index (χ0n) is 8.25. The minimum Gasteiger partial charge on any atom is -0.345 e. The largest absolute Gasteiger partial charge is 0.346 e. The standard InChI is InChI=1S/C8H15ClN2O3/c1-5(2)3-6(8(13)14-9)11-7(12)4-10/h5-6H,3-4,10H2,1-2H3,(H,11,12)/t6-/m0/s1. The van der Waals surface area contributed by atoms with Crippen LogP contribution in [-0.2, 0) is 13.9 Å². The van der Waals surface area contributed by atoms with Gasteiger partial charge in [0.1, 0.15) is 17.9 Å². The molecule has 6 heteroatoms. The topological polar surface area (TPSA) is 81.4 Å². The van der Waals surface area contributed by atoms with Crippen LogP contribution in [0.25, 0.3) is 0 Å². The molecule has 5 nitrogen and oxygen atoms in total. The van der Waals surface area contributed by atoms with E-state index in [1.807, 2.05) is 13.8 Å². The first-order valence-corrected chi connectivity index (χ1v) is 4.64. The van der Waals surface area contributed by atoms with E-state index in [1.165, 1.54) is 0 Å². The van der Waals surface area contributed by atoms with Crippen molar-refractivity contribution < 1.29 is 13.9 Å². The number of nitrogens with two attached hydrogens (primary N) is 1. The van der Waals surface area contributed by atoms with Crippen LogP contribution in [0.5, 0.6) is 0 Å². The molecule has 0 rings (SSSR count). The van der Waals surface area contributed by atoms with Gasteiger partial charge in [-0.25, -0.2) is 4.79 Å². The number of hydrogen-bond acceptors (Lipinski definition) is 4. The van der Waals surface area contributed by atoms with Gasteiger partial charge in [-0.2, -0.15) is 0 Å². The lowest BCUT2D eigenvalue weighted by Gasteiger charge is -2.16. The fourth-order valence-electron chi connectivity index (χ4n) is 0.993. The second kappa shape index (κ2) is 6.62. The van der Waals surface area contributed by atoms with Gasteiger partial charge in [0.25, 0.3) is 0 Å². The van der Waals surface area contributed by atoms with E-state index in [0.29, 0.717) is 6.42 Å². The van der Waals surface area contributed by atoms with Gasteiger partial charge in [0.2, 0.25) is 5.91 Å². The SMILES string of the molecule is CC(C)C[C@H](NC(=O)CN)C(=O)OCl. The Balaban J connectivity index is 4.24. The van der Waals surface area contributed by atoms with Crippen LogP contribution in [0.2, 0.25) is 0 Å².